The molecule has 3 aromatic heterocycles. The zero-order chi connectivity index (χ0) is 19.1. The van der Waals surface area contributed by atoms with Crippen LogP contribution in [0, 0.1) is 0 Å². The second-order valence-electron chi connectivity index (χ2n) is 6.96. The van der Waals surface area contributed by atoms with Crippen LogP contribution >= 0.6 is 11.3 Å². The number of nitrogens with one attached hydrogen (secondary N) is 1. The molecule has 0 aliphatic heterocycles. The lowest BCUT2D eigenvalue weighted by molar-refractivity contribution is -0.118. The summed E-state index contributed by atoms with van der Waals surface area (Å²) < 4.78 is 0. The van der Waals surface area contributed by atoms with Crippen LogP contribution in [0.1, 0.15) is 18.4 Å². The Labute approximate surface area is 165 Å². The van der Waals surface area contributed by atoms with Gasteiger partial charge in [0, 0.05) is 34.8 Å². The number of aromatic hydroxyl groups is 1. The summed E-state index contributed by atoms with van der Waals surface area (Å²) in [6.07, 6.45) is 5.91. The third-order valence-corrected chi connectivity index (χ3v) is 5.71. The SMILES string of the molecule is O=C(Cc1cccc(O)c1)N(c1nc(-c2c[nH]c3ncccc23)cs1)C1CC1. The zero-order valence-electron chi connectivity index (χ0n) is 15.0. The summed E-state index contributed by atoms with van der Waals surface area (Å²) in [6, 6.07) is 11.0. The molecule has 0 spiro atoms. The van der Waals surface area contributed by atoms with Crippen LogP contribution in [0.3, 0.4) is 0 Å². The van der Waals surface area contributed by atoms with Gasteiger partial charge >= 0.3 is 0 Å². The molecule has 0 atom stereocenters. The van der Waals surface area contributed by atoms with E-state index in [1.807, 2.05) is 34.7 Å². The number of amides is 1. The van der Waals surface area contributed by atoms with Gasteiger partial charge in [0.25, 0.3) is 0 Å². The summed E-state index contributed by atoms with van der Waals surface area (Å²) in [5.41, 5.74) is 3.46. The molecule has 5 rings (SSSR count). The predicted octanol–water partition coefficient (Wildman–Crippen LogP) is 4.13. The number of carbonyl (C=O) groups is 1. The van der Waals surface area contributed by atoms with E-state index in [4.69, 9.17) is 4.98 Å². The van der Waals surface area contributed by atoms with Crippen molar-refractivity contribution in [2.75, 3.05) is 4.90 Å². The van der Waals surface area contributed by atoms with Crippen LogP contribution in [-0.2, 0) is 11.2 Å². The number of phenols is 1. The number of thiazole rings is 1. The number of rotatable bonds is 5. The lowest BCUT2D eigenvalue weighted by Gasteiger charge is -2.19. The van der Waals surface area contributed by atoms with E-state index in [2.05, 4.69) is 9.97 Å². The van der Waals surface area contributed by atoms with Gasteiger partial charge in [-0.15, -0.1) is 11.3 Å². The molecule has 1 amide bonds. The summed E-state index contributed by atoms with van der Waals surface area (Å²) >= 11 is 1.49. The zero-order valence-corrected chi connectivity index (χ0v) is 15.8. The van der Waals surface area contributed by atoms with Crippen molar-refractivity contribution in [3.8, 4) is 17.0 Å². The van der Waals surface area contributed by atoms with E-state index in [9.17, 15) is 9.90 Å². The predicted molar refractivity (Wildman–Crippen MR) is 110 cm³/mol. The molecule has 0 bridgehead atoms. The minimum atomic E-state index is 0.00888. The third-order valence-electron chi connectivity index (χ3n) is 4.87. The van der Waals surface area contributed by atoms with Crippen molar-refractivity contribution >= 4 is 33.4 Å². The Morgan fingerprint density at radius 3 is 3.00 bits per heavy atom. The van der Waals surface area contributed by atoms with Gasteiger partial charge in [-0.2, -0.15) is 0 Å². The van der Waals surface area contributed by atoms with Gasteiger partial charge in [-0.05, 0) is 42.7 Å². The van der Waals surface area contributed by atoms with Crippen molar-refractivity contribution in [1.29, 1.82) is 0 Å². The highest BCUT2D eigenvalue weighted by molar-refractivity contribution is 7.14. The van der Waals surface area contributed by atoms with Crippen LogP contribution in [0.15, 0.2) is 54.2 Å². The summed E-state index contributed by atoms with van der Waals surface area (Å²) in [6.45, 7) is 0. The van der Waals surface area contributed by atoms with E-state index >= 15 is 0 Å². The highest BCUT2D eigenvalue weighted by Crippen LogP contribution is 2.37. The van der Waals surface area contributed by atoms with E-state index in [0.717, 1.165) is 45.8 Å². The van der Waals surface area contributed by atoms with Gasteiger partial charge in [0.05, 0.1) is 12.1 Å². The average molecular weight is 390 g/mol. The molecule has 1 saturated carbocycles. The number of anilines is 1. The van der Waals surface area contributed by atoms with Crippen LogP contribution in [0.4, 0.5) is 5.13 Å². The van der Waals surface area contributed by atoms with Crippen LogP contribution < -0.4 is 4.90 Å². The molecule has 4 aromatic rings. The van der Waals surface area contributed by atoms with E-state index < -0.39 is 0 Å². The minimum absolute atomic E-state index is 0.00888. The highest BCUT2D eigenvalue weighted by atomic mass is 32.1. The first-order chi connectivity index (χ1) is 13.7. The molecular formula is C21H18N4O2S. The summed E-state index contributed by atoms with van der Waals surface area (Å²) in [5, 5.41) is 13.4. The van der Waals surface area contributed by atoms with Crippen LogP contribution in [0.25, 0.3) is 22.3 Å². The molecule has 3 heterocycles. The number of benzene rings is 1. The number of hydrogen-bond donors (Lipinski definition) is 2. The number of hydrogen-bond acceptors (Lipinski definition) is 5. The summed E-state index contributed by atoms with van der Waals surface area (Å²) in [4.78, 5) is 27.1. The van der Waals surface area contributed by atoms with E-state index in [1.54, 1.807) is 24.4 Å². The summed E-state index contributed by atoms with van der Waals surface area (Å²) in [7, 11) is 0. The Kier molecular flexibility index (Phi) is 4.09. The van der Waals surface area contributed by atoms with Gasteiger partial charge in [-0.3, -0.25) is 9.69 Å². The monoisotopic (exact) mass is 390 g/mol. The first-order valence-electron chi connectivity index (χ1n) is 9.17. The fourth-order valence-electron chi connectivity index (χ4n) is 3.39. The standard InChI is InChI=1S/C21H18N4O2S/c26-15-4-1-3-13(9-15)10-19(27)25(14-6-7-14)21-24-18(12-28-21)17-11-23-20-16(17)5-2-8-22-20/h1-5,8-9,11-12,14,26H,6-7,10H2,(H,22,23). The lowest BCUT2D eigenvalue weighted by atomic mass is 10.1. The third kappa shape index (κ3) is 3.14. The van der Waals surface area contributed by atoms with Crippen molar-refractivity contribution in [3.05, 3.63) is 59.7 Å². The van der Waals surface area contributed by atoms with Crippen LogP contribution in [0.2, 0.25) is 0 Å². The Morgan fingerprint density at radius 2 is 2.18 bits per heavy atom. The van der Waals surface area contributed by atoms with Gasteiger partial charge in [-0.1, -0.05) is 12.1 Å². The molecule has 1 aliphatic rings. The molecule has 0 radical (unpaired) electrons. The molecule has 140 valence electrons. The number of nitrogens with zero attached hydrogens (tertiary/aromatic N) is 3. The fraction of sp³-hybridized carbons (Fsp3) is 0.190. The number of aromatic amines is 1. The van der Waals surface area contributed by atoms with Gasteiger partial charge in [0.2, 0.25) is 5.91 Å². The quantitative estimate of drug-likeness (QED) is 0.537. The van der Waals surface area contributed by atoms with Crippen molar-refractivity contribution in [2.45, 2.75) is 25.3 Å². The summed E-state index contributed by atoms with van der Waals surface area (Å²) in [5.74, 6) is 0.183. The van der Waals surface area contributed by atoms with Crippen LogP contribution in [0.5, 0.6) is 5.75 Å². The lowest BCUT2D eigenvalue weighted by Crippen LogP contribution is -2.34. The maximum atomic E-state index is 13.0. The Hall–Kier alpha value is -3.19. The molecule has 28 heavy (non-hydrogen) atoms. The smallest absolute Gasteiger partial charge is 0.233 e. The molecular weight excluding hydrogens is 372 g/mol. The average Bonchev–Trinajstić information content (AvgIpc) is 3.23. The maximum Gasteiger partial charge on any atom is 0.233 e. The Bertz CT molecular complexity index is 1160. The first kappa shape index (κ1) is 16.9. The fourth-order valence-corrected chi connectivity index (χ4v) is 4.30. The van der Waals surface area contributed by atoms with E-state index in [-0.39, 0.29) is 24.1 Å². The van der Waals surface area contributed by atoms with Crippen molar-refractivity contribution in [1.82, 2.24) is 15.0 Å². The number of fused-ring (bicyclic) bond motifs is 1. The van der Waals surface area contributed by atoms with Crippen molar-refractivity contribution in [3.63, 3.8) is 0 Å². The number of pyridine rings is 1. The minimum Gasteiger partial charge on any atom is -0.508 e. The molecule has 1 aromatic carbocycles. The number of carbonyl (C=O) groups excluding carboxylic acids is 1. The molecule has 1 fully saturated rings. The number of phenolic OH excluding ortho intramolecular Hbond substituents is 1. The molecule has 1 aliphatic carbocycles. The maximum absolute atomic E-state index is 13.0. The Morgan fingerprint density at radius 1 is 1.29 bits per heavy atom. The number of aromatic nitrogens is 3. The van der Waals surface area contributed by atoms with E-state index in [1.165, 1.54) is 11.3 Å². The van der Waals surface area contributed by atoms with E-state index in [0.29, 0.717) is 0 Å². The van der Waals surface area contributed by atoms with Gasteiger partial charge in [0.15, 0.2) is 5.13 Å². The molecule has 7 heteroatoms. The number of H-pyrrole nitrogens is 1. The molecule has 0 saturated heterocycles. The van der Waals surface area contributed by atoms with Gasteiger partial charge in [-0.25, -0.2) is 9.97 Å². The first-order valence-corrected chi connectivity index (χ1v) is 10.0. The Balaban J connectivity index is 1.44. The second kappa shape index (κ2) is 6.76. The normalized spacial score (nSPS) is 13.7. The molecule has 2 N–H and O–H groups in total. The van der Waals surface area contributed by atoms with Gasteiger partial charge in [0.1, 0.15) is 11.4 Å². The largest absolute Gasteiger partial charge is 0.508 e. The topological polar surface area (TPSA) is 82.1 Å². The van der Waals surface area contributed by atoms with Gasteiger partial charge < -0.3 is 10.1 Å². The van der Waals surface area contributed by atoms with Crippen LogP contribution in [-0.4, -0.2) is 32.0 Å². The second-order valence-corrected chi connectivity index (χ2v) is 7.80. The molecule has 6 nitrogen and oxygen atoms in total. The van der Waals surface area contributed by atoms with Crippen molar-refractivity contribution in [2.24, 2.45) is 0 Å². The molecule has 0 unspecified atom stereocenters. The highest BCUT2D eigenvalue weighted by Gasteiger charge is 2.35. The van der Waals surface area contributed by atoms with Crippen molar-refractivity contribution < 1.29 is 9.90 Å².